The van der Waals surface area contributed by atoms with Gasteiger partial charge in [-0.05, 0) is 49.1 Å². The molecule has 0 saturated heterocycles. The number of hydrogen-bond donors (Lipinski definition) is 2. The quantitative estimate of drug-likeness (QED) is 0.730. The minimum Gasteiger partial charge on any atom is -0.494 e. The Labute approximate surface area is 131 Å². The maximum Gasteiger partial charge on any atom is 0.314 e. The first-order valence-electron chi connectivity index (χ1n) is 7.93. The van der Waals surface area contributed by atoms with E-state index in [-0.39, 0.29) is 6.03 Å². The molecule has 118 valence electrons. The summed E-state index contributed by atoms with van der Waals surface area (Å²) in [6, 6.07) is 14.3. The van der Waals surface area contributed by atoms with E-state index in [0.29, 0.717) is 19.7 Å². The topological polar surface area (TPSA) is 50.4 Å². The molecule has 0 radical (unpaired) electrons. The van der Waals surface area contributed by atoms with E-state index in [9.17, 15) is 4.79 Å². The molecule has 2 N–H and O–H groups in total. The predicted octanol–water partition coefficient (Wildman–Crippen LogP) is 3.71. The number of rotatable bonds is 8. The highest BCUT2D eigenvalue weighted by atomic mass is 16.5. The second-order valence-electron chi connectivity index (χ2n) is 5.20. The van der Waals surface area contributed by atoms with Crippen molar-refractivity contribution in [2.24, 2.45) is 0 Å². The fourth-order valence-electron chi connectivity index (χ4n) is 2.28. The van der Waals surface area contributed by atoms with Gasteiger partial charge in [0.15, 0.2) is 0 Å². The van der Waals surface area contributed by atoms with E-state index in [1.165, 1.54) is 10.8 Å². The first kappa shape index (κ1) is 16.1. The Bertz CT molecular complexity index is 598. The van der Waals surface area contributed by atoms with Gasteiger partial charge in [-0.25, -0.2) is 4.79 Å². The molecular weight excluding hydrogens is 276 g/mol. The number of fused-ring (bicyclic) bond motifs is 1. The Kier molecular flexibility index (Phi) is 6.55. The Hall–Kier alpha value is -2.23. The lowest BCUT2D eigenvalue weighted by Gasteiger charge is -2.08. The molecule has 2 rings (SSSR count). The molecule has 22 heavy (non-hydrogen) atoms. The van der Waals surface area contributed by atoms with Crippen molar-refractivity contribution in [3.63, 3.8) is 0 Å². The molecular formula is C18H24N2O2. The predicted molar refractivity (Wildman–Crippen MR) is 90.4 cm³/mol. The van der Waals surface area contributed by atoms with Crippen LogP contribution in [-0.4, -0.2) is 25.7 Å². The molecule has 2 aromatic carbocycles. The van der Waals surface area contributed by atoms with Crippen LogP contribution >= 0.6 is 0 Å². The number of amides is 2. The van der Waals surface area contributed by atoms with Gasteiger partial charge in [-0.1, -0.05) is 30.3 Å². The molecule has 2 aromatic rings. The minimum atomic E-state index is -0.0880. The molecule has 0 bridgehead atoms. The fourth-order valence-corrected chi connectivity index (χ4v) is 2.28. The highest BCUT2D eigenvalue weighted by Crippen LogP contribution is 2.20. The summed E-state index contributed by atoms with van der Waals surface area (Å²) in [5.74, 6) is 0.916. The SMILES string of the molecule is CCNC(=O)NCCCCCOc1ccc2ccccc2c1. The second kappa shape index (κ2) is 8.93. The molecule has 0 aromatic heterocycles. The Morgan fingerprint density at radius 3 is 2.64 bits per heavy atom. The second-order valence-corrected chi connectivity index (χ2v) is 5.20. The lowest BCUT2D eigenvalue weighted by molar-refractivity contribution is 0.241. The molecule has 0 atom stereocenters. The van der Waals surface area contributed by atoms with Crippen molar-refractivity contribution in [1.82, 2.24) is 10.6 Å². The summed E-state index contributed by atoms with van der Waals surface area (Å²) < 4.78 is 5.78. The van der Waals surface area contributed by atoms with Gasteiger partial charge in [0.25, 0.3) is 0 Å². The molecule has 0 aliphatic carbocycles. The Morgan fingerprint density at radius 1 is 1.00 bits per heavy atom. The Balaban J connectivity index is 1.61. The van der Waals surface area contributed by atoms with Crippen molar-refractivity contribution in [3.8, 4) is 5.75 Å². The van der Waals surface area contributed by atoms with Crippen LogP contribution in [0.3, 0.4) is 0 Å². The van der Waals surface area contributed by atoms with Gasteiger partial charge in [0.05, 0.1) is 6.61 Å². The van der Waals surface area contributed by atoms with Crippen LogP contribution in [0.1, 0.15) is 26.2 Å². The molecule has 0 unspecified atom stereocenters. The number of ether oxygens (including phenoxy) is 1. The van der Waals surface area contributed by atoms with Crippen molar-refractivity contribution < 1.29 is 9.53 Å². The zero-order valence-corrected chi connectivity index (χ0v) is 13.1. The van der Waals surface area contributed by atoms with Crippen LogP contribution in [0.15, 0.2) is 42.5 Å². The summed E-state index contributed by atoms with van der Waals surface area (Å²) >= 11 is 0. The first-order chi connectivity index (χ1) is 10.8. The molecule has 4 heteroatoms. The lowest BCUT2D eigenvalue weighted by atomic mass is 10.1. The van der Waals surface area contributed by atoms with Crippen molar-refractivity contribution in [2.75, 3.05) is 19.7 Å². The van der Waals surface area contributed by atoms with Crippen molar-refractivity contribution in [2.45, 2.75) is 26.2 Å². The lowest BCUT2D eigenvalue weighted by Crippen LogP contribution is -2.35. The fraction of sp³-hybridized carbons (Fsp3) is 0.389. The van der Waals surface area contributed by atoms with Gasteiger partial charge in [0.1, 0.15) is 5.75 Å². The van der Waals surface area contributed by atoms with Gasteiger partial charge in [-0.15, -0.1) is 0 Å². The monoisotopic (exact) mass is 300 g/mol. The van der Waals surface area contributed by atoms with E-state index >= 15 is 0 Å². The number of carbonyl (C=O) groups is 1. The molecule has 0 aliphatic heterocycles. The summed E-state index contributed by atoms with van der Waals surface area (Å²) in [4.78, 5) is 11.2. The number of urea groups is 1. The third kappa shape index (κ3) is 5.28. The summed E-state index contributed by atoms with van der Waals surface area (Å²) in [5, 5.41) is 7.96. The van der Waals surface area contributed by atoms with E-state index in [1.807, 2.05) is 25.1 Å². The van der Waals surface area contributed by atoms with Gasteiger partial charge >= 0.3 is 6.03 Å². The van der Waals surface area contributed by atoms with E-state index in [1.54, 1.807) is 0 Å². The molecule has 0 aliphatic rings. The van der Waals surface area contributed by atoms with Crippen LogP contribution in [0.5, 0.6) is 5.75 Å². The van der Waals surface area contributed by atoms with Gasteiger partial charge in [-0.2, -0.15) is 0 Å². The maximum atomic E-state index is 11.2. The van der Waals surface area contributed by atoms with Gasteiger partial charge in [-0.3, -0.25) is 0 Å². The third-order valence-corrected chi connectivity index (χ3v) is 3.43. The van der Waals surface area contributed by atoms with Crippen LogP contribution in [0, 0.1) is 0 Å². The van der Waals surface area contributed by atoms with Crippen molar-refractivity contribution in [1.29, 1.82) is 0 Å². The van der Waals surface area contributed by atoms with Gasteiger partial charge in [0, 0.05) is 13.1 Å². The largest absolute Gasteiger partial charge is 0.494 e. The highest BCUT2D eigenvalue weighted by molar-refractivity contribution is 5.83. The smallest absolute Gasteiger partial charge is 0.314 e. The highest BCUT2D eigenvalue weighted by Gasteiger charge is 1.98. The molecule has 0 spiro atoms. The van der Waals surface area contributed by atoms with Crippen LogP contribution in [0.2, 0.25) is 0 Å². The minimum absolute atomic E-state index is 0.0880. The molecule has 2 amide bonds. The van der Waals surface area contributed by atoms with Crippen molar-refractivity contribution >= 4 is 16.8 Å². The summed E-state index contributed by atoms with van der Waals surface area (Å²) in [5.41, 5.74) is 0. The summed E-state index contributed by atoms with van der Waals surface area (Å²) in [7, 11) is 0. The van der Waals surface area contributed by atoms with Crippen LogP contribution in [0.25, 0.3) is 10.8 Å². The first-order valence-corrected chi connectivity index (χ1v) is 7.93. The number of carbonyl (C=O) groups excluding carboxylic acids is 1. The molecule has 0 fully saturated rings. The van der Waals surface area contributed by atoms with E-state index in [2.05, 4.69) is 34.9 Å². The summed E-state index contributed by atoms with van der Waals surface area (Å²) in [6.07, 6.45) is 3.00. The number of unbranched alkanes of at least 4 members (excludes halogenated alkanes) is 2. The zero-order valence-electron chi connectivity index (χ0n) is 13.1. The summed E-state index contributed by atoms with van der Waals surface area (Å²) in [6.45, 7) is 3.98. The Morgan fingerprint density at radius 2 is 1.82 bits per heavy atom. The maximum absolute atomic E-state index is 11.2. The number of benzene rings is 2. The third-order valence-electron chi connectivity index (χ3n) is 3.43. The molecule has 4 nitrogen and oxygen atoms in total. The van der Waals surface area contributed by atoms with Crippen LogP contribution in [0.4, 0.5) is 4.79 Å². The average molecular weight is 300 g/mol. The standard InChI is InChI=1S/C18H24N2O2/c1-2-19-18(21)20-12-6-3-7-13-22-17-11-10-15-8-4-5-9-16(15)14-17/h4-5,8-11,14H,2-3,6-7,12-13H2,1H3,(H2,19,20,21). The van der Waals surface area contributed by atoms with Crippen LogP contribution < -0.4 is 15.4 Å². The molecule has 0 saturated carbocycles. The average Bonchev–Trinajstić information content (AvgIpc) is 2.54. The van der Waals surface area contributed by atoms with E-state index in [0.717, 1.165) is 25.0 Å². The number of hydrogen-bond acceptors (Lipinski definition) is 2. The molecule has 0 heterocycles. The van der Waals surface area contributed by atoms with E-state index in [4.69, 9.17) is 4.74 Å². The van der Waals surface area contributed by atoms with Crippen LogP contribution in [-0.2, 0) is 0 Å². The van der Waals surface area contributed by atoms with E-state index < -0.39 is 0 Å². The normalized spacial score (nSPS) is 10.4. The van der Waals surface area contributed by atoms with Gasteiger partial charge in [0.2, 0.25) is 0 Å². The zero-order chi connectivity index (χ0) is 15.6. The number of nitrogens with one attached hydrogen (secondary N) is 2. The van der Waals surface area contributed by atoms with Crippen molar-refractivity contribution in [3.05, 3.63) is 42.5 Å². The van der Waals surface area contributed by atoms with Gasteiger partial charge < -0.3 is 15.4 Å².